The Morgan fingerprint density at radius 2 is 0.731 bits per heavy atom. The number of hydrogen-bond donors (Lipinski definition) is 7. The SMILES string of the molecule is CC(N)=O.CNc1cc(C)nc(Cl)n1.CNc1cc(C)nc(Nc2cnc(OC)c(OCCCN3CCCC3)c2)n1.COc1ncc(Br)cc1OCCCN1CCCC1.COc1ncc(N)cc1OCCCN1CCCC1.COc1ncc(NC(C)=O)cc1OCCCN1CCCC1.Cl.ClCCCN1CCCC1.Clc1ncc(Br)cc1OCCCN1CCCC1.Oc1cc(Br)cnc1Cl. The number of anilines is 6. The zero-order chi connectivity index (χ0) is 96.3. The molecule has 0 spiro atoms. The molecule has 744 valence electrons. The maximum atomic E-state index is 11.1. The van der Waals surface area contributed by atoms with Gasteiger partial charge in [-0.15, -0.1) is 24.0 Å². The van der Waals surface area contributed by atoms with E-state index >= 15 is 0 Å². The number of aromatic nitrogens is 10. The van der Waals surface area contributed by atoms with Crippen LogP contribution in [0.3, 0.4) is 0 Å². The van der Waals surface area contributed by atoms with Crippen molar-refractivity contribution in [1.29, 1.82) is 0 Å². The van der Waals surface area contributed by atoms with Gasteiger partial charge in [0.2, 0.25) is 23.0 Å². The van der Waals surface area contributed by atoms with Crippen LogP contribution in [0.4, 0.5) is 34.6 Å². The average molecular weight is 2160 g/mol. The lowest BCUT2D eigenvalue weighted by molar-refractivity contribution is -0.116. The lowest BCUT2D eigenvalue weighted by atomic mass is 10.3. The van der Waals surface area contributed by atoms with Gasteiger partial charge in [-0.2, -0.15) is 4.98 Å². The van der Waals surface area contributed by atoms with E-state index in [9.17, 15) is 9.59 Å². The largest absolute Gasteiger partial charge is 0.505 e. The number of likely N-dealkylation sites (tertiary alicyclic amines) is 6. The van der Waals surface area contributed by atoms with Gasteiger partial charge in [0.25, 0.3) is 23.5 Å². The molecule has 0 atom stereocenters. The Balaban J connectivity index is 0.000000275. The van der Waals surface area contributed by atoms with Crippen LogP contribution in [0.1, 0.15) is 141 Å². The molecule has 2 amide bonds. The standard InChI is InChI=1S/C19H28N6O2.C15H23N3O3.C13H19BrN2O2.C13H21N3O2.C12H16BrClN2O.C7H14ClN.C6H8ClN3.C5H3BrClNO.C2H5NO.ClH/c1-14-11-17(20-2)24-19(22-14)23-15-12-16(18(26-3)21-13-15)27-10-6-9-25-7-4-5-8-25;1-12(19)17-13-10-14(15(20-2)16-11-13)21-9-5-8-18-6-3-4-7-18;2*1-17-13-12(9-11(14)10-15-13)18-8-4-7-16-5-2-3-6-16;13-10-8-11(12(14)15-9-10)17-7-3-6-16-4-1-2-5-16;8-4-3-7-9-5-1-2-6-9;1-4-3-5(8-2)10-6(7)9-4;6-3-1-4(9)5(7)8-2-3;1-2(3)4;/h11-13H,4-10H2,1-3H3,(H2,20,22,23,24);10-11H,3-9H2,1-2H3,(H,17,19);9-10H,2-8H2,1H3;9-10H,2-8,14H2,1H3;8-9H,1-7H2;1-7H2;3H,1-2H3,(H,8,9,10);1-2,9H;1H3,(H2,3,4);1H. The Morgan fingerprint density at radius 3 is 1.10 bits per heavy atom. The minimum atomic E-state index is -0.333. The molecule has 0 bridgehead atoms. The molecule has 6 aliphatic heterocycles. The van der Waals surface area contributed by atoms with Gasteiger partial charge in [0.05, 0.1) is 97.1 Å². The van der Waals surface area contributed by atoms with Gasteiger partial charge in [-0.05, 0) is 286 Å². The van der Waals surface area contributed by atoms with Gasteiger partial charge in [0.15, 0.2) is 44.8 Å². The van der Waals surface area contributed by atoms with Crippen LogP contribution >= 0.6 is 107 Å². The van der Waals surface area contributed by atoms with Gasteiger partial charge in [-0.3, -0.25) is 9.59 Å². The number of halogens is 8. The minimum absolute atomic E-state index is 0. The lowest BCUT2D eigenvalue weighted by Gasteiger charge is -2.15. The molecule has 9 N–H and O–H groups in total. The van der Waals surface area contributed by atoms with E-state index < -0.39 is 0 Å². The van der Waals surface area contributed by atoms with Crippen molar-refractivity contribution in [3.05, 3.63) is 126 Å². The minimum Gasteiger partial charge on any atom is -0.505 e. The summed E-state index contributed by atoms with van der Waals surface area (Å²) in [6.07, 6.45) is 31.9. The van der Waals surface area contributed by atoms with E-state index in [1.807, 2.05) is 51.2 Å². The van der Waals surface area contributed by atoms with Gasteiger partial charge in [0, 0.05) is 146 Å². The number of aryl methyl sites for hydroxylation is 2. The summed E-state index contributed by atoms with van der Waals surface area (Å²) in [6, 6.07) is 14.3. The fraction of sp³-hybridized carbons (Fsp3) is 0.565. The Morgan fingerprint density at radius 1 is 0.418 bits per heavy atom. The van der Waals surface area contributed by atoms with Crippen LogP contribution in [0.2, 0.25) is 15.6 Å². The third kappa shape index (κ3) is 49.2. The third-order valence-electron chi connectivity index (χ3n) is 20.5. The number of nitrogens with zero attached hydrogens (tertiary/aromatic N) is 16. The quantitative estimate of drug-likeness (QED) is 0.00823. The van der Waals surface area contributed by atoms with Crippen LogP contribution < -0.4 is 75.4 Å². The zero-order valence-electron chi connectivity index (χ0n) is 79.1. The number of amides is 2. The van der Waals surface area contributed by atoms with Crippen LogP contribution in [0.5, 0.6) is 58.0 Å². The highest BCUT2D eigenvalue weighted by Gasteiger charge is 2.20. The Hall–Kier alpha value is -8.15. The smallest absolute Gasteiger partial charge is 0.256 e. The molecule has 14 heterocycles. The molecule has 42 heteroatoms. The molecule has 134 heavy (non-hydrogen) atoms. The number of nitrogens with one attached hydrogen (secondary N) is 4. The maximum Gasteiger partial charge on any atom is 0.256 e. The van der Waals surface area contributed by atoms with Gasteiger partial charge >= 0.3 is 0 Å². The number of carbonyl (C=O) groups excluding carboxylic acids is 2. The van der Waals surface area contributed by atoms with Crippen molar-refractivity contribution < 1.29 is 57.3 Å². The highest BCUT2D eigenvalue weighted by Crippen LogP contribution is 2.33. The van der Waals surface area contributed by atoms with Crippen molar-refractivity contribution in [3.63, 3.8) is 0 Å². The molecule has 0 saturated carbocycles. The van der Waals surface area contributed by atoms with Crippen LogP contribution in [0.25, 0.3) is 0 Å². The van der Waals surface area contributed by atoms with E-state index in [2.05, 4.69) is 154 Å². The number of carbonyl (C=O) groups is 2. The Labute approximate surface area is 842 Å². The molecule has 0 radical (unpaired) electrons. The maximum absolute atomic E-state index is 11.1. The van der Waals surface area contributed by atoms with E-state index in [0.29, 0.717) is 112 Å². The van der Waals surface area contributed by atoms with Crippen molar-refractivity contribution in [3.8, 4) is 58.0 Å². The van der Waals surface area contributed by atoms with Crippen molar-refractivity contribution in [2.75, 3.05) is 226 Å². The van der Waals surface area contributed by atoms with E-state index in [0.717, 1.165) is 115 Å². The first-order chi connectivity index (χ1) is 64.3. The summed E-state index contributed by atoms with van der Waals surface area (Å²) in [5.41, 5.74) is 13.8. The summed E-state index contributed by atoms with van der Waals surface area (Å²) in [5, 5.41) is 21.5. The number of rotatable bonds is 37. The highest BCUT2D eigenvalue weighted by atomic mass is 79.9. The number of pyridine rings is 6. The first-order valence-corrected chi connectivity index (χ1v) is 49.3. The fourth-order valence-corrected chi connectivity index (χ4v) is 15.8. The second kappa shape index (κ2) is 68.8. The van der Waals surface area contributed by atoms with Crippen LogP contribution in [0, 0.1) is 13.8 Å². The number of methoxy groups -OCH3 is 4. The second-order valence-corrected chi connectivity index (χ2v) is 35.6. The molecule has 8 aromatic rings. The van der Waals surface area contributed by atoms with E-state index in [4.69, 9.17) is 99.9 Å². The van der Waals surface area contributed by atoms with Crippen molar-refractivity contribution in [2.24, 2.45) is 5.73 Å². The first kappa shape index (κ1) is 116. The zero-order valence-corrected chi connectivity index (χ0v) is 87.7. The average Bonchev–Trinajstić information content (AvgIpc) is 1.57. The monoisotopic (exact) mass is 2150 g/mol. The van der Waals surface area contributed by atoms with Crippen LogP contribution in [0.15, 0.2) is 99.1 Å². The van der Waals surface area contributed by atoms with Gasteiger partial charge < -0.3 is 110 Å². The molecule has 6 fully saturated rings. The predicted molar refractivity (Wildman–Crippen MR) is 548 cm³/mol. The van der Waals surface area contributed by atoms with Gasteiger partial charge in [-0.25, -0.2) is 44.9 Å². The van der Waals surface area contributed by atoms with Gasteiger partial charge in [0.1, 0.15) is 11.6 Å². The van der Waals surface area contributed by atoms with E-state index in [-0.39, 0.29) is 40.4 Å². The number of ether oxygens (including phenoxy) is 9. The predicted octanol–water partition coefficient (Wildman–Crippen LogP) is 17.7. The summed E-state index contributed by atoms with van der Waals surface area (Å²) in [4.78, 5) is 76.1. The number of primary amides is 1. The van der Waals surface area contributed by atoms with Crippen LogP contribution in [-0.4, -0.2) is 295 Å². The summed E-state index contributed by atoms with van der Waals surface area (Å²) in [6.45, 7) is 31.3. The molecule has 0 aliphatic carbocycles. The fourth-order valence-electron chi connectivity index (χ4n) is 14.2. The number of aromatic hydroxyl groups is 1. The molecule has 34 nitrogen and oxygen atoms in total. The van der Waals surface area contributed by atoms with Crippen molar-refractivity contribution in [1.82, 2.24) is 79.2 Å². The molecule has 8 aromatic heterocycles. The molecular weight excluding hydrogens is 2020 g/mol. The molecule has 0 aromatic carbocycles. The number of nitrogen functional groups attached to an aromatic ring is 1. The summed E-state index contributed by atoms with van der Waals surface area (Å²) < 4.78 is 52.0. The lowest BCUT2D eigenvalue weighted by Crippen LogP contribution is -2.22. The molecular formula is C92H138Br3Cl5N22O12. The molecule has 6 saturated heterocycles. The van der Waals surface area contributed by atoms with Crippen LogP contribution in [-0.2, 0) is 9.59 Å². The van der Waals surface area contributed by atoms with E-state index in [1.165, 1.54) is 188 Å². The summed E-state index contributed by atoms with van der Waals surface area (Å²) in [7, 11) is 9.95. The summed E-state index contributed by atoms with van der Waals surface area (Å²) >= 11 is 32.3. The number of hydrogen-bond acceptors (Lipinski definition) is 32. The topological polar surface area (TPSA) is 386 Å². The first-order valence-electron chi connectivity index (χ1n) is 45.2. The molecule has 0 unspecified atom stereocenters. The molecule has 14 rings (SSSR count). The van der Waals surface area contributed by atoms with Crippen molar-refractivity contribution in [2.45, 2.75) is 143 Å². The summed E-state index contributed by atoms with van der Waals surface area (Å²) in [5.74, 6) is 7.45. The second-order valence-electron chi connectivity index (χ2n) is 31.4. The Kier molecular flexibility index (Phi) is 59.7. The van der Waals surface area contributed by atoms with Gasteiger partial charge in [-0.1, -0.05) is 23.2 Å². The van der Waals surface area contributed by atoms with Crippen molar-refractivity contribution >= 4 is 153 Å². The Bertz CT molecular complexity index is 4510. The molecule has 6 aliphatic rings. The highest BCUT2D eigenvalue weighted by molar-refractivity contribution is 9.11. The number of alkyl halides is 1. The third-order valence-corrected chi connectivity index (χ3v) is 22.9. The van der Waals surface area contributed by atoms with E-state index in [1.54, 1.807) is 78.6 Å². The normalized spacial score (nSPS) is 14.5. The number of nitrogens with two attached hydrogens (primary N) is 2.